The van der Waals surface area contributed by atoms with Crippen molar-refractivity contribution in [2.24, 2.45) is 0 Å². The van der Waals surface area contributed by atoms with E-state index in [0.29, 0.717) is 17.1 Å². The predicted molar refractivity (Wildman–Crippen MR) is 142 cm³/mol. The van der Waals surface area contributed by atoms with Crippen LogP contribution in [0.25, 0.3) is 0 Å². The molecule has 0 unspecified atom stereocenters. The number of nitrogens with one attached hydrogen (secondary N) is 1. The maximum atomic E-state index is 13.3. The van der Waals surface area contributed by atoms with Crippen LogP contribution >= 0.6 is 11.6 Å². The number of hydrogen-bond donors (Lipinski definition) is 1. The number of anilines is 1. The first kappa shape index (κ1) is 28.7. The fourth-order valence-electron chi connectivity index (χ4n) is 3.92. The molecule has 0 bridgehead atoms. The summed E-state index contributed by atoms with van der Waals surface area (Å²) in [7, 11) is -3.54. The topological polar surface area (TPSA) is 86.8 Å². The molecule has 0 aliphatic rings. The van der Waals surface area contributed by atoms with E-state index in [-0.39, 0.29) is 37.4 Å². The van der Waals surface area contributed by atoms with Crippen molar-refractivity contribution < 1.29 is 18.0 Å². The van der Waals surface area contributed by atoms with E-state index in [1.54, 1.807) is 25.1 Å². The Kier molecular flexibility index (Phi) is 10.2. The van der Waals surface area contributed by atoms with Crippen molar-refractivity contribution in [3.63, 3.8) is 0 Å². The molecule has 2 rings (SSSR count). The van der Waals surface area contributed by atoms with Crippen molar-refractivity contribution in [1.29, 1.82) is 0 Å². The zero-order valence-corrected chi connectivity index (χ0v) is 22.9. The molecule has 2 aromatic rings. The van der Waals surface area contributed by atoms with E-state index in [1.807, 2.05) is 52.0 Å². The normalized spacial score (nSPS) is 12.3. The third kappa shape index (κ3) is 8.85. The zero-order valence-electron chi connectivity index (χ0n) is 21.3. The Balaban J connectivity index is 2.20. The van der Waals surface area contributed by atoms with Gasteiger partial charge in [0, 0.05) is 30.6 Å². The van der Waals surface area contributed by atoms with E-state index in [9.17, 15) is 18.0 Å². The van der Waals surface area contributed by atoms with Crippen molar-refractivity contribution in [2.75, 3.05) is 17.1 Å². The molecule has 0 aliphatic heterocycles. The van der Waals surface area contributed by atoms with Gasteiger partial charge in [-0.25, -0.2) is 8.42 Å². The number of hydrogen-bond acceptors (Lipinski definition) is 4. The van der Waals surface area contributed by atoms with Crippen molar-refractivity contribution in [3.8, 4) is 0 Å². The van der Waals surface area contributed by atoms with E-state index in [1.165, 1.54) is 9.21 Å². The van der Waals surface area contributed by atoms with Gasteiger partial charge in [0.1, 0.15) is 6.04 Å². The lowest BCUT2D eigenvalue weighted by Gasteiger charge is -2.30. The fraction of sp³-hybridized carbons (Fsp3) is 0.462. The number of halogens is 1. The minimum Gasteiger partial charge on any atom is -0.352 e. The summed E-state index contributed by atoms with van der Waals surface area (Å²) in [6, 6.07) is 12.0. The third-order valence-electron chi connectivity index (χ3n) is 5.49. The van der Waals surface area contributed by atoms with E-state index in [4.69, 9.17) is 11.6 Å². The van der Waals surface area contributed by atoms with Gasteiger partial charge >= 0.3 is 0 Å². The highest BCUT2D eigenvalue weighted by Gasteiger charge is 2.27. The summed E-state index contributed by atoms with van der Waals surface area (Å²) in [5.41, 5.74) is 3.31. The maximum absolute atomic E-state index is 13.3. The van der Waals surface area contributed by atoms with E-state index >= 15 is 0 Å². The highest BCUT2D eigenvalue weighted by molar-refractivity contribution is 7.92. The van der Waals surface area contributed by atoms with Gasteiger partial charge in [-0.1, -0.05) is 29.8 Å². The molecule has 1 atom stereocenters. The number of carbonyl (C=O) groups is 2. The number of nitrogens with zero attached hydrogens (tertiary/aromatic N) is 2. The zero-order chi connectivity index (χ0) is 26.3. The van der Waals surface area contributed by atoms with Crippen molar-refractivity contribution >= 4 is 39.1 Å². The minimum atomic E-state index is -3.54. The van der Waals surface area contributed by atoms with Crippen LogP contribution < -0.4 is 9.62 Å². The number of carbonyl (C=O) groups excluding carboxylic acids is 2. The van der Waals surface area contributed by atoms with Gasteiger partial charge in [0.15, 0.2) is 0 Å². The van der Waals surface area contributed by atoms with Gasteiger partial charge in [-0.3, -0.25) is 13.9 Å². The van der Waals surface area contributed by atoms with Crippen molar-refractivity contribution in [2.45, 2.75) is 66.1 Å². The van der Waals surface area contributed by atoms with Gasteiger partial charge in [0.25, 0.3) is 0 Å². The molecule has 0 fully saturated rings. The molecule has 0 aromatic heterocycles. The Morgan fingerprint density at radius 2 is 1.66 bits per heavy atom. The molecular formula is C26H36ClN3O4S. The predicted octanol–water partition coefficient (Wildman–Crippen LogP) is 4.44. The van der Waals surface area contributed by atoms with Gasteiger partial charge in [0.2, 0.25) is 21.8 Å². The molecule has 35 heavy (non-hydrogen) atoms. The SMILES string of the molecule is Cc1cc(C)cc(N(CCCC(=O)N(Cc2cccc(Cl)c2)[C@@H](C)C(=O)NC(C)C)S(C)(=O)=O)c1. The number of sulfonamides is 1. The second-order valence-corrected chi connectivity index (χ2v) is 11.6. The molecule has 9 heteroatoms. The van der Waals surface area contributed by atoms with Gasteiger partial charge in [0.05, 0.1) is 11.9 Å². The molecule has 2 amide bonds. The minimum absolute atomic E-state index is 0.0609. The largest absolute Gasteiger partial charge is 0.352 e. The Bertz CT molecular complexity index is 1130. The molecule has 0 saturated heterocycles. The Morgan fingerprint density at radius 3 is 2.20 bits per heavy atom. The van der Waals surface area contributed by atoms with Crippen LogP contribution in [0.4, 0.5) is 5.69 Å². The average Bonchev–Trinajstić information content (AvgIpc) is 2.72. The van der Waals surface area contributed by atoms with Crippen LogP contribution in [-0.2, 0) is 26.2 Å². The third-order valence-corrected chi connectivity index (χ3v) is 6.92. The summed E-state index contributed by atoms with van der Waals surface area (Å²) in [5, 5.41) is 3.40. The first-order valence-electron chi connectivity index (χ1n) is 11.7. The van der Waals surface area contributed by atoms with E-state index < -0.39 is 16.1 Å². The van der Waals surface area contributed by atoms with Crippen LogP contribution in [0, 0.1) is 13.8 Å². The first-order chi connectivity index (χ1) is 16.3. The highest BCUT2D eigenvalue weighted by atomic mass is 35.5. The number of benzene rings is 2. The summed E-state index contributed by atoms with van der Waals surface area (Å²) >= 11 is 6.12. The summed E-state index contributed by atoms with van der Waals surface area (Å²) in [6.45, 7) is 9.62. The van der Waals surface area contributed by atoms with Crippen LogP contribution in [0.15, 0.2) is 42.5 Å². The van der Waals surface area contributed by atoms with Gasteiger partial charge in [-0.2, -0.15) is 0 Å². The van der Waals surface area contributed by atoms with Crippen molar-refractivity contribution in [3.05, 3.63) is 64.2 Å². The van der Waals surface area contributed by atoms with Crippen LogP contribution in [0.1, 0.15) is 50.3 Å². The lowest BCUT2D eigenvalue weighted by atomic mass is 10.1. The van der Waals surface area contributed by atoms with Crippen LogP contribution in [0.2, 0.25) is 5.02 Å². The van der Waals surface area contributed by atoms with Crippen LogP contribution in [-0.4, -0.2) is 50.0 Å². The lowest BCUT2D eigenvalue weighted by Crippen LogP contribution is -2.49. The average molecular weight is 522 g/mol. The summed E-state index contributed by atoms with van der Waals surface area (Å²) in [6.07, 6.45) is 1.57. The monoisotopic (exact) mass is 521 g/mol. The Morgan fingerprint density at radius 1 is 1.03 bits per heavy atom. The van der Waals surface area contributed by atoms with Crippen LogP contribution in [0.5, 0.6) is 0 Å². The van der Waals surface area contributed by atoms with Crippen LogP contribution in [0.3, 0.4) is 0 Å². The summed E-state index contributed by atoms with van der Waals surface area (Å²) < 4.78 is 26.3. The first-order valence-corrected chi connectivity index (χ1v) is 13.9. The summed E-state index contributed by atoms with van der Waals surface area (Å²) in [4.78, 5) is 27.5. The van der Waals surface area contributed by atoms with Crippen molar-refractivity contribution in [1.82, 2.24) is 10.2 Å². The summed E-state index contributed by atoms with van der Waals surface area (Å²) in [5.74, 6) is -0.478. The molecule has 192 valence electrons. The number of aryl methyl sites for hydroxylation is 2. The fourth-order valence-corrected chi connectivity index (χ4v) is 5.08. The second-order valence-electron chi connectivity index (χ2n) is 9.28. The molecule has 0 spiro atoms. The molecule has 1 N–H and O–H groups in total. The number of rotatable bonds is 11. The molecule has 2 aromatic carbocycles. The quantitative estimate of drug-likeness (QED) is 0.473. The molecule has 7 nitrogen and oxygen atoms in total. The molecular weight excluding hydrogens is 486 g/mol. The smallest absolute Gasteiger partial charge is 0.242 e. The highest BCUT2D eigenvalue weighted by Crippen LogP contribution is 2.22. The Hall–Kier alpha value is -2.58. The lowest BCUT2D eigenvalue weighted by molar-refractivity contribution is -0.140. The molecule has 0 aliphatic carbocycles. The molecule has 0 radical (unpaired) electrons. The second kappa shape index (κ2) is 12.4. The van der Waals surface area contributed by atoms with Gasteiger partial charge in [-0.15, -0.1) is 0 Å². The molecule has 0 heterocycles. The standard InChI is InChI=1S/C26H36ClN3O4S/c1-18(2)28-26(32)21(5)29(17-22-9-7-10-23(27)16-22)25(31)11-8-12-30(35(6,33)34)24-14-19(3)13-20(4)15-24/h7,9-10,13-16,18,21H,8,11-12,17H2,1-6H3,(H,28,32)/t21-/m0/s1. The maximum Gasteiger partial charge on any atom is 0.242 e. The van der Waals surface area contributed by atoms with E-state index in [2.05, 4.69) is 5.32 Å². The van der Waals surface area contributed by atoms with Gasteiger partial charge in [-0.05, 0) is 82.0 Å². The van der Waals surface area contributed by atoms with Gasteiger partial charge < -0.3 is 10.2 Å². The molecule has 0 saturated carbocycles. The Labute approximate surface area is 214 Å². The van der Waals surface area contributed by atoms with E-state index in [0.717, 1.165) is 22.9 Å². The number of amides is 2.